The predicted octanol–water partition coefficient (Wildman–Crippen LogP) is 4.99. The molecule has 0 saturated heterocycles. The smallest absolute Gasteiger partial charge is 0.307 e. The minimum Gasteiger partial charge on any atom is -0.542 e. The van der Waals surface area contributed by atoms with Gasteiger partial charge in [-0.3, -0.25) is 0 Å². The Morgan fingerprint density at radius 1 is 1.11 bits per heavy atom. The molecule has 0 atom stereocenters. The molecule has 0 spiro atoms. The van der Waals surface area contributed by atoms with E-state index in [-0.39, 0.29) is 0 Å². The molecule has 98 valence electrons. The van der Waals surface area contributed by atoms with E-state index in [2.05, 4.69) is 33.2 Å². The van der Waals surface area contributed by atoms with Gasteiger partial charge in [-0.25, -0.2) is 0 Å². The molecule has 0 unspecified atom stereocenters. The highest BCUT2D eigenvalue weighted by molar-refractivity contribution is 6.25. The molecule has 1 nitrogen and oxygen atoms in total. The van der Waals surface area contributed by atoms with Crippen LogP contribution in [0.25, 0.3) is 0 Å². The van der Waals surface area contributed by atoms with Gasteiger partial charge in [0, 0.05) is 0 Å². The van der Waals surface area contributed by atoms with Crippen LogP contribution in [0.2, 0.25) is 6.55 Å². The highest BCUT2D eigenvalue weighted by Crippen LogP contribution is 2.21. The summed E-state index contributed by atoms with van der Waals surface area (Å²) >= 11 is 0. The van der Waals surface area contributed by atoms with E-state index < -0.39 is 0 Å². The summed E-state index contributed by atoms with van der Waals surface area (Å²) in [6.45, 7) is 20.0. The highest BCUT2D eigenvalue weighted by atomic mass is 28.2. The second-order valence-electron chi connectivity index (χ2n) is 4.17. The molecule has 0 rings (SSSR count). The van der Waals surface area contributed by atoms with E-state index in [4.69, 9.17) is 4.43 Å². The van der Waals surface area contributed by atoms with Gasteiger partial charge < -0.3 is 4.43 Å². The van der Waals surface area contributed by atoms with E-state index in [1.54, 1.807) is 0 Å². The SMILES string of the molecule is C=C(C=CC(=C)C(=C)C(=C)CCCCC)O[Si]C. The molecule has 0 bridgehead atoms. The van der Waals surface area contributed by atoms with Crippen molar-refractivity contribution < 1.29 is 4.43 Å². The third kappa shape index (κ3) is 7.12. The molecule has 0 aliphatic heterocycles. The Morgan fingerprint density at radius 3 is 2.33 bits per heavy atom. The van der Waals surface area contributed by atoms with Crippen LogP contribution in [-0.4, -0.2) is 9.76 Å². The van der Waals surface area contributed by atoms with Crippen molar-refractivity contribution in [2.24, 2.45) is 0 Å². The first-order valence-corrected chi connectivity index (χ1v) is 7.70. The average Bonchev–Trinajstić information content (AvgIpc) is 2.35. The fraction of sp³-hybridized carbons (Fsp3) is 0.375. The van der Waals surface area contributed by atoms with Crippen LogP contribution in [0.15, 0.2) is 60.9 Å². The summed E-state index contributed by atoms with van der Waals surface area (Å²) in [6, 6.07) is 0. The number of allylic oxidation sites excluding steroid dienone is 5. The van der Waals surface area contributed by atoms with Gasteiger partial charge in [0.05, 0.1) is 5.76 Å². The van der Waals surface area contributed by atoms with Crippen LogP contribution < -0.4 is 0 Å². The standard InChI is InChI=1S/C16H24OSi/c1-7-8-9-10-13(2)16(5)14(3)11-12-15(4)17-18-6/h11-12H,2-5,7-10H2,1,6H3. The second-order valence-corrected chi connectivity index (χ2v) is 4.78. The Balaban J connectivity index is 4.21. The highest BCUT2D eigenvalue weighted by Gasteiger charge is 2.02. The molecule has 0 saturated carbocycles. The lowest BCUT2D eigenvalue weighted by atomic mass is 9.97. The molecule has 0 aromatic carbocycles. The lowest BCUT2D eigenvalue weighted by Gasteiger charge is -2.09. The van der Waals surface area contributed by atoms with E-state index in [9.17, 15) is 0 Å². The van der Waals surface area contributed by atoms with Gasteiger partial charge in [-0.2, -0.15) is 0 Å². The van der Waals surface area contributed by atoms with Gasteiger partial charge in [0.2, 0.25) is 0 Å². The van der Waals surface area contributed by atoms with Crippen molar-refractivity contribution >= 4 is 9.76 Å². The molecule has 0 fully saturated rings. The zero-order valence-corrected chi connectivity index (χ0v) is 12.7. The second kappa shape index (κ2) is 9.72. The first-order chi connectivity index (χ1) is 8.52. The number of unbranched alkanes of at least 4 members (excludes halogenated alkanes) is 2. The average molecular weight is 260 g/mol. The van der Waals surface area contributed by atoms with Gasteiger partial charge in [-0.1, -0.05) is 52.2 Å². The minimum atomic E-state index is 0.411. The summed E-state index contributed by atoms with van der Waals surface area (Å²) in [6.07, 6.45) is 8.32. The molecule has 0 aromatic heterocycles. The summed E-state index contributed by atoms with van der Waals surface area (Å²) in [5.41, 5.74) is 2.87. The Bertz CT molecular complexity index is 350. The van der Waals surface area contributed by atoms with Crippen LogP contribution in [0, 0.1) is 0 Å². The Labute approximate surface area is 115 Å². The molecule has 2 heteroatoms. The summed E-state index contributed by atoms with van der Waals surface area (Å²) in [5.74, 6) is 0.654. The monoisotopic (exact) mass is 260 g/mol. The maximum absolute atomic E-state index is 5.27. The van der Waals surface area contributed by atoms with Crippen LogP contribution in [0.4, 0.5) is 0 Å². The van der Waals surface area contributed by atoms with E-state index in [1.165, 1.54) is 12.8 Å². The molecule has 18 heavy (non-hydrogen) atoms. The topological polar surface area (TPSA) is 9.23 Å². The first kappa shape index (κ1) is 16.7. The Morgan fingerprint density at radius 2 is 1.78 bits per heavy atom. The maximum Gasteiger partial charge on any atom is 0.307 e. The molecular weight excluding hydrogens is 236 g/mol. The van der Waals surface area contributed by atoms with Crippen LogP contribution >= 0.6 is 0 Å². The van der Waals surface area contributed by atoms with Gasteiger partial charge >= 0.3 is 9.76 Å². The molecule has 0 aromatic rings. The van der Waals surface area contributed by atoms with Crippen molar-refractivity contribution in [3.8, 4) is 0 Å². The number of hydrogen-bond acceptors (Lipinski definition) is 1. The largest absolute Gasteiger partial charge is 0.542 e. The van der Waals surface area contributed by atoms with Crippen molar-refractivity contribution in [3.05, 3.63) is 60.9 Å². The van der Waals surface area contributed by atoms with Gasteiger partial charge in [0.1, 0.15) is 0 Å². The van der Waals surface area contributed by atoms with Crippen molar-refractivity contribution in [1.82, 2.24) is 0 Å². The third-order valence-electron chi connectivity index (χ3n) is 2.60. The van der Waals surface area contributed by atoms with Crippen molar-refractivity contribution in [1.29, 1.82) is 0 Å². The summed E-state index contributed by atoms with van der Waals surface area (Å²) in [5, 5.41) is 0. The van der Waals surface area contributed by atoms with Crippen LogP contribution in [0.3, 0.4) is 0 Å². The van der Waals surface area contributed by atoms with Crippen LogP contribution in [-0.2, 0) is 4.43 Å². The Kier molecular flexibility index (Phi) is 9.02. The zero-order valence-electron chi connectivity index (χ0n) is 11.7. The normalized spacial score (nSPS) is 10.3. The molecule has 2 radical (unpaired) electrons. The van der Waals surface area contributed by atoms with Crippen LogP contribution in [0.5, 0.6) is 0 Å². The number of hydrogen-bond donors (Lipinski definition) is 0. The van der Waals surface area contributed by atoms with E-state index in [0.717, 1.165) is 29.6 Å². The quantitative estimate of drug-likeness (QED) is 0.233. The fourth-order valence-corrected chi connectivity index (χ4v) is 1.76. The van der Waals surface area contributed by atoms with Crippen LogP contribution in [0.1, 0.15) is 32.6 Å². The zero-order chi connectivity index (χ0) is 14.0. The van der Waals surface area contributed by atoms with E-state index in [1.807, 2.05) is 18.7 Å². The van der Waals surface area contributed by atoms with Crippen molar-refractivity contribution in [3.63, 3.8) is 0 Å². The maximum atomic E-state index is 5.27. The van der Waals surface area contributed by atoms with Gasteiger partial charge in [0.25, 0.3) is 0 Å². The molecule has 0 aliphatic rings. The first-order valence-electron chi connectivity index (χ1n) is 6.29. The van der Waals surface area contributed by atoms with E-state index >= 15 is 0 Å². The summed E-state index contributed by atoms with van der Waals surface area (Å²) in [4.78, 5) is 0. The number of rotatable bonds is 10. The lowest BCUT2D eigenvalue weighted by Crippen LogP contribution is -1.92. The lowest BCUT2D eigenvalue weighted by molar-refractivity contribution is 0.481. The molecule has 0 N–H and O–H groups in total. The van der Waals surface area contributed by atoms with Gasteiger partial charge in [0.15, 0.2) is 0 Å². The molecule has 0 amide bonds. The molecular formula is C16H24OSi. The summed E-state index contributed by atoms with van der Waals surface area (Å²) < 4.78 is 5.27. The fourth-order valence-electron chi connectivity index (χ4n) is 1.43. The third-order valence-corrected chi connectivity index (χ3v) is 3.07. The summed E-state index contributed by atoms with van der Waals surface area (Å²) in [7, 11) is 0.411. The van der Waals surface area contributed by atoms with E-state index in [0.29, 0.717) is 15.5 Å². The van der Waals surface area contributed by atoms with Crippen molar-refractivity contribution in [2.75, 3.05) is 0 Å². The molecule has 0 aliphatic carbocycles. The molecule has 0 heterocycles. The predicted molar refractivity (Wildman–Crippen MR) is 82.5 cm³/mol. The minimum absolute atomic E-state index is 0.411. The van der Waals surface area contributed by atoms with Gasteiger partial charge in [-0.05, 0) is 42.2 Å². The van der Waals surface area contributed by atoms with Gasteiger partial charge in [-0.15, -0.1) is 0 Å². The Hall–Kier alpha value is -1.28. The van der Waals surface area contributed by atoms with Crippen molar-refractivity contribution in [2.45, 2.75) is 39.2 Å².